The van der Waals surface area contributed by atoms with Crippen molar-refractivity contribution in [2.24, 2.45) is 0 Å². The second-order valence-corrected chi connectivity index (χ2v) is 2.85. The van der Waals surface area contributed by atoms with Crippen LogP contribution in [0.25, 0.3) is 0 Å². The second kappa shape index (κ2) is 3.99. The first kappa shape index (κ1) is 8.89. The quantitative estimate of drug-likeness (QED) is 0.703. The Morgan fingerprint density at radius 2 is 2.25 bits per heavy atom. The third-order valence-corrected chi connectivity index (χ3v) is 1.54. The molecule has 0 aliphatic heterocycles. The van der Waals surface area contributed by atoms with E-state index in [1.54, 1.807) is 6.07 Å². The molecular weight excluding hydrogens is 174 g/mol. The maximum absolute atomic E-state index is 8.26. The number of nitriles is 1. The Bertz CT molecular complexity index is 297. The van der Waals surface area contributed by atoms with E-state index in [0.717, 1.165) is 5.56 Å². The molecular formula is C9H8ClNO. The zero-order valence-electron chi connectivity index (χ0n) is 6.67. The van der Waals surface area contributed by atoms with Crippen molar-refractivity contribution >= 4 is 11.6 Å². The monoisotopic (exact) mass is 181 g/mol. The SMILES string of the molecule is Cc1cc(Cl)cc(OCC#N)c1. The molecule has 12 heavy (non-hydrogen) atoms. The van der Waals surface area contributed by atoms with Crippen molar-refractivity contribution in [1.29, 1.82) is 5.26 Å². The summed E-state index contributed by atoms with van der Waals surface area (Å²) in [6.45, 7) is 1.98. The van der Waals surface area contributed by atoms with Crippen molar-refractivity contribution in [1.82, 2.24) is 0 Å². The van der Waals surface area contributed by atoms with E-state index in [0.29, 0.717) is 10.8 Å². The molecule has 0 N–H and O–H groups in total. The van der Waals surface area contributed by atoms with E-state index >= 15 is 0 Å². The first-order valence-electron chi connectivity index (χ1n) is 3.49. The summed E-state index contributed by atoms with van der Waals surface area (Å²) in [5.74, 6) is 0.640. The molecule has 0 fully saturated rings. The zero-order chi connectivity index (χ0) is 8.97. The topological polar surface area (TPSA) is 33.0 Å². The van der Waals surface area contributed by atoms with Crippen LogP contribution in [-0.4, -0.2) is 6.61 Å². The zero-order valence-corrected chi connectivity index (χ0v) is 7.43. The molecule has 0 amide bonds. The van der Waals surface area contributed by atoms with Gasteiger partial charge in [0.25, 0.3) is 0 Å². The highest BCUT2D eigenvalue weighted by Crippen LogP contribution is 2.20. The van der Waals surface area contributed by atoms with Gasteiger partial charge in [-0.25, -0.2) is 0 Å². The molecule has 2 nitrogen and oxygen atoms in total. The average Bonchev–Trinajstić information content (AvgIpc) is 1.99. The third-order valence-electron chi connectivity index (χ3n) is 1.32. The van der Waals surface area contributed by atoms with Crippen LogP contribution in [0.15, 0.2) is 18.2 Å². The molecule has 1 aromatic carbocycles. The van der Waals surface area contributed by atoms with Gasteiger partial charge >= 0.3 is 0 Å². The molecule has 0 heterocycles. The fourth-order valence-electron chi connectivity index (χ4n) is 0.902. The molecule has 0 aliphatic carbocycles. The van der Waals surface area contributed by atoms with Crippen LogP contribution in [0.5, 0.6) is 5.75 Å². The van der Waals surface area contributed by atoms with Gasteiger partial charge < -0.3 is 4.74 Å². The van der Waals surface area contributed by atoms with E-state index in [9.17, 15) is 0 Å². The van der Waals surface area contributed by atoms with Crippen LogP contribution in [0, 0.1) is 18.3 Å². The lowest BCUT2D eigenvalue weighted by molar-refractivity contribution is 0.368. The number of hydrogen-bond donors (Lipinski definition) is 0. The smallest absolute Gasteiger partial charge is 0.174 e. The number of rotatable bonds is 2. The predicted molar refractivity (Wildman–Crippen MR) is 47.3 cm³/mol. The van der Waals surface area contributed by atoms with E-state index < -0.39 is 0 Å². The highest BCUT2D eigenvalue weighted by molar-refractivity contribution is 6.30. The van der Waals surface area contributed by atoms with E-state index in [2.05, 4.69) is 0 Å². The minimum Gasteiger partial charge on any atom is -0.479 e. The van der Waals surface area contributed by atoms with E-state index in [1.165, 1.54) is 0 Å². The third kappa shape index (κ3) is 2.44. The van der Waals surface area contributed by atoms with Crippen molar-refractivity contribution < 1.29 is 4.74 Å². The van der Waals surface area contributed by atoms with Gasteiger partial charge in [0.05, 0.1) is 0 Å². The van der Waals surface area contributed by atoms with Gasteiger partial charge in [-0.2, -0.15) is 5.26 Å². The first-order valence-corrected chi connectivity index (χ1v) is 3.87. The van der Waals surface area contributed by atoms with Crippen LogP contribution in [-0.2, 0) is 0 Å². The average molecular weight is 182 g/mol. The molecule has 0 unspecified atom stereocenters. The van der Waals surface area contributed by atoms with Crippen molar-refractivity contribution in [2.45, 2.75) is 6.92 Å². The van der Waals surface area contributed by atoms with Crippen LogP contribution in [0.3, 0.4) is 0 Å². The predicted octanol–water partition coefficient (Wildman–Crippen LogP) is 2.55. The molecule has 0 aliphatic rings. The van der Waals surface area contributed by atoms with Crippen molar-refractivity contribution in [2.75, 3.05) is 6.61 Å². The molecule has 0 saturated carbocycles. The number of nitrogens with zero attached hydrogens (tertiary/aromatic N) is 1. The highest BCUT2D eigenvalue weighted by Gasteiger charge is 1.96. The van der Waals surface area contributed by atoms with Crippen LogP contribution in [0.4, 0.5) is 0 Å². The van der Waals surface area contributed by atoms with Gasteiger partial charge in [0.1, 0.15) is 11.8 Å². The lowest BCUT2D eigenvalue weighted by Crippen LogP contribution is -1.93. The molecule has 0 radical (unpaired) electrons. The minimum atomic E-state index is 0.0553. The summed E-state index contributed by atoms with van der Waals surface area (Å²) in [5.41, 5.74) is 1.02. The normalized spacial score (nSPS) is 9.08. The Morgan fingerprint density at radius 3 is 2.83 bits per heavy atom. The van der Waals surface area contributed by atoms with E-state index in [1.807, 2.05) is 25.1 Å². The molecule has 0 spiro atoms. The Morgan fingerprint density at radius 1 is 1.50 bits per heavy atom. The summed E-state index contributed by atoms with van der Waals surface area (Å²) in [6.07, 6.45) is 0. The lowest BCUT2D eigenvalue weighted by atomic mass is 10.2. The van der Waals surface area contributed by atoms with E-state index in [-0.39, 0.29) is 6.61 Å². The summed E-state index contributed by atoms with van der Waals surface area (Å²) in [7, 11) is 0. The second-order valence-electron chi connectivity index (χ2n) is 2.41. The number of benzene rings is 1. The highest BCUT2D eigenvalue weighted by atomic mass is 35.5. The van der Waals surface area contributed by atoms with Crippen LogP contribution in [0.1, 0.15) is 5.56 Å². The molecule has 0 aromatic heterocycles. The number of aryl methyl sites for hydroxylation is 1. The van der Waals surface area contributed by atoms with Gasteiger partial charge in [-0.15, -0.1) is 0 Å². The molecule has 1 aromatic rings. The van der Waals surface area contributed by atoms with Crippen molar-refractivity contribution in [3.05, 3.63) is 28.8 Å². The Hall–Kier alpha value is -1.20. The number of ether oxygens (including phenoxy) is 1. The molecule has 0 saturated heterocycles. The summed E-state index contributed by atoms with van der Waals surface area (Å²) in [5, 5.41) is 8.89. The Kier molecular flexibility index (Phi) is 2.95. The largest absolute Gasteiger partial charge is 0.479 e. The molecule has 0 bridgehead atoms. The van der Waals surface area contributed by atoms with Gasteiger partial charge in [0.15, 0.2) is 6.61 Å². The maximum atomic E-state index is 8.26. The fraction of sp³-hybridized carbons (Fsp3) is 0.222. The maximum Gasteiger partial charge on any atom is 0.174 e. The molecule has 1 rings (SSSR count). The van der Waals surface area contributed by atoms with Crippen molar-refractivity contribution in [3.63, 3.8) is 0 Å². The lowest BCUT2D eigenvalue weighted by Gasteiger charge is -2.02. The number of hydrogen-bond acceptors (Lipinski definition) is 2. The first-order chi connectivity index (χ1) is 5.72. The van der Waals surface area contributed by atoms with Gasteiger partial charge in [0.2, 0.25) is 0 Å². The Labute approximate surface area is 76.3 Å². The van der Waals surface area contributed by atoms with E-state index in [4.69, 9.17) is 21.6 Å². The van der Waals surface area contributed by atoms with Crippen molar-refractivity contribution in [3.8, 4) is 11.8 Å². The van der Waals surface area contributed by atoms with Gasteiger partial charge in [0, 0.05) is 5.02 Å². The summed E-state index contributed by atoms with van der Waals surface area (Å²) < 4.78 is 5.07. The molecule has 3 heteroatoms. The van der Waals surface area contributed by atoms with Gasteiger partial charge in [-0.05, 0) is 30.7 Å². The van der Waals surface area contributed by atoms with Crippen LogP contribution in [0.2, 0.25) is 5.02 Å². The fourth-order valence-corrected chi connectivity index (χ4v) is 1.18. The standard InChI is InChI=1S/C9H8ClNO/c1-7-4-8(10)6-9(5-7)12-3-2-11/h4-6H,3H2,1H3. The summed E-state index contributed by atoms with van der Waals surface area (Å²) in [4.78, 5) is 0. The molecule has 62 valence electrons. The number of halogens is 1. The molecule has 0 atom stereocenters. The summed E-state index contributed by atoms with van der Waals surface area (Å²) >= 11 is 5.77. The van der Waals surface area contributed by atoms with Gasteiger partial charge in [-0.3, -0.25) is 0 Å². The van der Waals surface area contributed by atoms with Crippen LogP contribution >= 0.6 is 11.6 Å². The van der Waals surface area contributed by atoms with Crippen LogP contribution < -0.4 is 4.74 Å². The Balaban J connectivity index is 2.80. The van der Waals surface area contributed by atoms with Gasteiger partial charge in [-0.1, -0.05) is 11.6 Å². The minimum absolute atomic E-state index is 0.0553. The summed E-state index contributed by atoms with van der Waals surface area (Å²) in [6, 6.07) is 7.25.